The van der Waals surface area contributed by atoms with Crippen molar-refractivity contribution >= 4 is 72.1 Å². The van der Waals surface area contributed by atoms with Crippen LogP contribution in [0.4, 0.5) is 0 Å². The third-order valence-electron chi connectivity index (χ3n) is 13.9. The van der Waals surface area contributed by atoms with Crippen LogP contribution in [0, 0.1) is 0 Å². The van der Waals surface area contributed by atoms with Crippen molar-refractivity contribution in [3.8, 4) is 0 Å². The molecule has 6 rings (SSSR count). The van der Waals surface area contributed by atoms with Crippen LogP contribution >= 0.6 is 24.8 Å². The fourth-order valence-corrected chi connectivity index (χ4v) is 9.76. The Kier molecular flexibility index (Phi) is 23.7. The van der Waals surface area contributed by atoms with Gasteiger partial charge in [-0.25, -0.2) is 0 Å². The minimum atomic E-state index is -1.20. The average Bonchev–Trinajstić information content (AvgIpc) is 4.08. The number of aryl methyl sites for hydroxylation is 2. The summed E-state index contributed by atoms with van der Waals surface area (Å²) in [6, 6.07) is 10.7. The van der Waals surface area contributed by atoms with E-state index in [1.807, 2.05) is 36.4 Å². The molecule has 72 heavy (non-hydrogen) atoms. The Bertz CT molecular complexity index is 2130. The van der Waals surface area contributed by atoms with Crippen molar-refractivity contribution in [3.05, 3.63) is 95.1 Å². The first-order valence-electron chi connectivity index (χ1n) is 25.0. The number of likely N-dealkylation sites (tertiary alicyclic amines) is 2. The summed E-state index contributed by atoms with van der Waals surface area (Å²) in [7, 11) is 3.23. The molecule has 20 heteroatoms. The molecule has 2 aliphatic heterocycles. The molecule has 2 saturated heterocycles. The van der Waals surface area contributed by atoms with Gasteiger partial charge in [0.25, 0.3) is 0 Å². The highest BCUT2D eigenvalue weighted by atomic mass is 35.5. The van der Waals surface area contributed by atoms with Gasteiger partial charge in [0.15, 0.2) is 0 Å². The molecule has 8 amide bonds. The molecular formula is C52H74Cl2N10O8. The lowest BCUT2D eigenvalue weighted by atomic mass is 9.87. The predicted octanol–water partition coefficient (Wildman–Crippen LogP) is 2.51. The zero-order valence-corrected chi connectivity index (χ0v) is 43.5. The van der Waals surface area contributed by atoms with E-state index in [9.17, 15) is 38.4 Å². The van der Waals surface area contributed by atoms with Crippen LogP contribution in [0.5, 0.6) is 0 Å². The van der Waals surface area contributed by atoms with Gasteiger partial charge in [0.05, 0.1) is 37.0 Å². The van der Waals surface area contributed by atoms with Gasteiger partial charge >= 0.3 is 0 Å². The number of hydrogen-bond donors (Lipinski definition) is 8. The number of hydrogen-bond acceptors (Lipinski definition) is 10. The first kappa shape index (κ1) is 58.7. The van der Waals surface area contributed by atoms with E-state index in [1.165, 1.54) is 20.9 Å². The third kappa shape index (κ3) is 15.8. The van der Waals surface area contributed by atoms with Gasteiger partial charge in [-0.3, -0.25) is 38.4 Å². The highest BCUT2D eigenvalue weighted by molar-refractivity contribution is 5.97. The van der Waals surface area contributed by atoms with Crippen LogP contribution in [-0.4, -0.2) is 134 Å². The monoisotopic (exact) mass is 1040 g/mol. The fourth-order valence-electron chi connectivity index (χ4n) is 9.76. The molecule has 18 nitrogen and oxygen atoms in total. The second-order valence-electron chi connectivity index (χ2n) is 18.7. The molecular weight excluding hydrogens is 964 g/mol. The largest absolute Gasteiger partial charge is 0.353 e. The molecule has 0 spiro atoms. The maximum Gasteiger partial charge on any atom is 0.246 e. The zero-order valence-electron chi connectivity index (χ0n) is 41.8. The number of halogens is 2. The molecule has 2 heterocycles. The molecule has 0 aromatic heterocycles. The summed E-state index contributed by atoms with van der Waals surface area (Å²) in [5.74, 6) is -3.36. The molecule has 0 bridgehead atoms. The quantitative estimate of drug-likeness (QED) is 0.0851. The number of likely N-dealkylation sites (N-methyl/N-ethyl adjacent to an activating group) is 2. The van der Waals surface area contributed by atoms with Gasteiger partial charge in [-0.05, 0) is 114 Å². The number of nitrogens with zero attached hydrogens (tertiary/aromatic N) is 2. The van der Waals surface area contributed by atoms with E-state index in [4.69, 9.17) is 0 Å². The van der Waals surface area contributed by atoms with E-state index in [0.29, 0.717) is 38.8 Å². The molecule has 4 aliphatic rings. The van der Waals surface area contributed by atoms with Crippen molar-refractivity contribution in [2.75, 3.05) is 40.3 Å². The van der Waals surface area contributed by atoms with Crippen molar-refractivity contribution in [3.63, 3.8) is 0 Å². The normalized spacial score (nSPS) is 20.8. The molecule has 0 saturated carbocycles. The summed E-state index contributed by atoms with van der Waals surface area (Å²) in [6.45, 7) is 4.14. The van der Waals surface area contributed by atoms with Crippen LogP contribution in [-0.2, 0) is 51.2 Å². The number of nitrogens with one attached hydrogen (secondary N) is 8. The number of carbonyl (C=O) groups is 8. The van der Waals surface area contributed by atoms with Gasteiger partial charge < -0.3 is 52.3 Å². The van der Waals surface area contributed by atoms with Crippen molar-refractivity contribution in [1.82, 2.24) is 52.3 Å². The van der Waals surface area contributed by atoms with E-state index in [1.54, 1.807) is 52.2 Å². The SMILES string of the molecule is CN[C@@H](C)C(=O)N[C@@H](CC(=O)NCC=CC=CCNC(=O)C[C@H](NC(=O)[C@H](C)NC)C(=O)N1CCC[C@H]1C(=O)N[C@@H]1CCCc2ccccc21)C(=O)N1CCC[C@H]1C(=O)N[C@@H]1CCCc2ccccc21.Cl.Cl. The first-order chi connectivity index (χ1) is 33.8. The number of fused-ring (bicyclic) bond motifs is 2. The molecule has 0 radical (unpaired) electrons. The second-order valence-corrected chi connectivity index (χ2v) is 18.7. The van der Waals surface area contributed by atoms with Gasteiger partial charge in [-0.1, -0.05) is 72.8 Å². The van der Waals surface area contributed by atoms with Crippen LogP contribution in [0.25, 0.3) is 0 Å². The lowest BCUT2D eigenvalue weighted by molar-refractivity contribution is -0.143. The topological polar surface area (TPSA) is 239 Å². The van der Waals surface area contributed by atoms with E-state index in [2.05, 4.69) is 54.7 Å². The number of allylic oxidation sites excluding steroid dienone is 2. The van der Waals surface area contributed by atoms with Gasteiger partial charge in [0.1, 0.15) is 24.2 Å². The highest BCUT2D eigenvalue weighted by Crippen LogP contribution is 2.32. The standard InChI is InChI=1S/C52H72N10O8.2ClH/c1-33(53-3)47(65)59-41(51(69)61-29-15-25-43(61)49(67)57-39-23-13-19-35-17-7-9-21-37(35)39)31-45(63)55-27-11-5-6-12-28-56-46(64)32-42(60-48(66)34(2)54-4)52(70)62-30-16-26-44(62)50(68)58-40-24-14-20-36-18-8-10-22-38(36)40;;/h5-12,17-18,21-22,33-34,39-44,53-54H,13-16,19-20,23-32H2,1-4H3,(H,55,63)(H,56,64)(H,57,67)(H,58,68)(H,59,65)(H,60,66);2*1H/t33-,34-,39+,40+,41-,42-,43-,44-;;/m0../s1. The van der Waals surface area contributed by atoms with Gasteiger partial charge in [-0.2, -0.15) is 0 Å². The molecule has 2 aromatic carbocycles. The number of carbonyl (C=O) groups excluding carboxylic acids is 8. The average molecular weight is 1040 g/mol. The minimum Gasteiger partial charge on any atom is -0.353 e. The number of rotatable bonds is 21. The molecule has 8 atom stereocenters. The number of benzene rings is 2. The van der Waals surface area contributed by atoms with Gasteiger partial charge in [0, 0.05) is 26.2 Å². The van der Waals surface area contributed by atoms with Crippen molar-refractivity contribution in [2.45, 2.75) is 139 Å². The minimum absolute atomic E-state index is 0. The zero-order chi connectivity index (χ0) is 50.2. The Balaban J connectivity index is 0.00000562. The fraction of sp³-hybridized carbons (Fsp3) is 0.538. The molecule has 8 N–H and O–H groups in total. The van der Waals surface area contributed by atoms with Crippen molar-refractivity contribution in [1.29, 1.82) is 0 Å². The summed E-state index contributed by atoms with van der Waals surface area (Å²) in [5.41, 5.74) is 4.59. The van der Waals surface area contributed by atoms with Crippen LogP contribution in [0.15, 0.2) is 72.8 Å². The summed E-state index contributed by atoms with van der Waals surface area (Å²) < 4.78 is 0. The summed E-state index contributed by atoms with van der Waals surface area (Å²) in [5, 5.41) is 23.0. The maximum atomic E-state index is 14.1. The molecule has 2 aliphatic carbocycles. The van der Waals surface area contributed by atoms with Crippen LogP contribution < -0.4 is 42.5 Å². The lowest BCUT2D eigenvalue weighted by Crippen LogP contribution is -2.56. The molecule has 394 valence electrons. The Labute approximate surface area is 435 Å². The van der Waals surface area contributed by atoms with Crippen LogP contribution in [0.1, 0.15) is 112 Å². The molecule has 2 fully saturated rings. The van der Waals surface area contributed by atoms with E-state index in [0.717, 1.165) is 49.7 Å². The Morgan fingerprint density at radius 2 is 0.958 bits per heavy atom. The van der Waals surface area contributed by atoms with Crippen molar-refractivity contribution < 1.29 is 38.4 Å². The summed E-state index contributed by atoms with van der Waals surface area (Å²) in [4.78, 5) is 111. The summed E-state index contributed by atoms with van der Waals surface area (Å²) in [6.07, 6.45) is 13.5. The predicted molar refractivity (Wildman–Crippen MR) is 279 cm³/mol. The Morgan fingerprint density at radius 3 is 1.35 bits per heavy atom. The van der Waals surface area contributed by atoms with E-state index in [-0.39, 0.29) is 74.6 Å². The van der Waals surface area contributed by atoms with Gasteiger partial charge in [0.2, 0.25) is 47.3 Å². The Morgan fingerprint density at radius 1 is 0.569 bits per heavy atom. The highest BCUT2D eigenvalue weighted by Gasteiger charge is 2.41. The lowest BCUT2D eigenvalue weighted by Gasteiger charge is -2.31. The van der Waals surface area contributed by atoms with E-state index < -0.39 is 71.7 Å². The Hall–Kier alpha value is -5.82. The van der Waals surface area contributed by atoms with E-state index >= 15 is 0 Å². The maximum absolute atomic E-state index is 14.1. The smallest absolute Gasteiger partial charge is 0.246 e. The van der Waals surface area contributed by atoms with Crippen LogP contribution in [0.2, 0.25) is 0 Å². The molecule has 2 aromatic rings. The molecule has 0 unspecified atom stereocenters. The second kappa shape index (κ2) is 29.0. The summed E-state index contributed by atoms with van der Waals surface area (Å²) >= 11 is 0. The number of amides is 8. The van der Waals surface area contributed by atoms with Gasteiger partial charge in [-0.15, -0.1) is 24.8 Å². The first-order valence-corrected chi connectivity index (χ1v) is 25.0. The van der Waals surface area contributed by atoms with Crippen LogP contribution in [0.3, 0.4) is 0 Å². The van der Waals surface area contributed by atoms with Crippen molar-refractivity contribution in [2.24, 2.45) is 0 Å². The third-order valence-corrected chi connectivity index (χ3v) is 13.9.